The van der Waals surface area contributed by atoms with Crippen LogP contribution in [0.1, 0.15) is 12.5 Å². The number of nitrogens with one attached hydrogen (secondary N) is 1. The fourth-order valence-corrected chi connectivity index (χ4v) is 3.12. The summed E-state index contributed by atoms with van der Waals surface area (Å²) in [6.07, 6.45) is 0. The molecule has 23 heavy (non-hydrogen) atoms. The second kappa shape index (κ2) is 5.80. The minimum atomic E-state index is -0.545. The smallest absolute Gasteiger partial charge is 0.276 e. The summed E-state index contributed by atoms with van der Waals surface area (Å²) in [7, 11) is 0. The van der Waals surface area contributed by atoms with Crippen molar-refractivity contribution >= 4 is 45.8 Å². The van der Waals surface area contributed by atoms with Gasteiger partial charge in [0.2, 0.25) is 5.91 Å². The number of carbonyl (C=O) groups is 2. The molecule has 9 nitrogen and oxygen atoms in total. The Balaban J connectivity index is 1.98. The molecule has 0 radical (unpaired) electrons. The molecular formula is C13H11N5O4S. The molecule has 0 spiro atoms. The van der Waals surface area contributed by atoms with Gasteiger partial charge in [0, 0.05) is 24.2 Å². The first-order valence-corrected chi connectivity index (χ1v) is 7.68. The van der Waals surface area contributed by atoms with Crippen LogP contribution in [0.3, 0.4) is 0 Å². The molecular weight excluding hydrogens is 322 g/mol. The van der Waals surface area contributed by atoms with Crippen LogP contribution < -0.4 is 5.32 Å². The van der Waals surface area contributed by atoms with E-state index in [-0.39, 0.29) is 23.1 Å². The molecule has 2 aliphatic rings. The van der Waals surface area contributed by atoms with Crippen LogP contribution in [0.5, 0.6) is 0 Å². The van der Waals surface area contributed by atoms with Crippen molar-refractivity contribution in [2.24, 2.45) is 10.2 Å². The standard InChI is InChI=1S/C13H11N5O4S/c1-2-17-10(19)6-23-13(17)16-15-11-8-5-7(18(21)22)3-4-9(8)14-12(11)20/h3-5H,2,6H2,1H3,(H,14,15,20)/b16-13-. The zero-order valence-electron chi connectivity index (χ0n) is 12.0. The molecule has 118 valence electrons. The Morgan fingerprint density at radius 2 is 2.17 bits per heavy atom. The molecule has 2 aliphatic heterocycles. The van der Waals surface area contributed by atoms with Crippen LogP contribution in [0, 0.1) is 10.1 Å². The van der Waals surface area contributed by atoms with Crippen molar-refractivity contribution in [3.63, 3.8) is 0 Å². The number of amides is 2. The van der Waals surface area contributed by atoms with E-state index < -0.39 is 10.8 Å². The number of benzene rings is 1. The van der Waals surface area contributed by atoms with Gasteiger partial charge in [0.05, 0.1) is 16.4 Å². The first kappa shape index (κ1) is 15.2. The lowest BCUT2D eigenvalue weighted by Gasteiger charge is -2.10. The topological polar surface area (TPSA) is 117 Å². The highest BCUT2D eigenvalue weighted by atomic mass is 32.2. The van der Waals surface area contributed by atoms with Gasteiger partial charge in [-0.1, -0.05) is 11.8 Å². The monoisotopic (exact) mass is 333 g/mol. The molecule has 0 aliphatic carbocycles. The van der Waals surface area contributed by atoms with Gasteiger partial charge >= 0.3 is 0 Å². The number of carbonyl (C=O) groups excluding carboxylic acids is 2. The van der Waals surface area contributed by atoms with E-state index in [2.05, 4.69) is 15.5 Å². The molecule has 1 fully saturated rings. The van der Waals surface area contributed by atoms with Crippen molar-refractivity contribution in [1.82, 2.24) is 4.90 Å². The van der Waals surface area contributed by atoms with Crippen LogP contribution in [0.4, 0.5) is 11.4 Å². The number of nitro benzene ring substituents is 1. The molecule has 1 aromatic carbocycles. The van der Waals surface area contributed by atoms with E-state index in [1.807, 2.05) is 6.92 Å². The summed E-state index contributed by atoms with van der Waals surface area (Å²) >= 11 is 1.24. The molecule has 0 unspecified atom stereocenters. The molecule has 0 aromatic heterocycles. The second-order valence-corrected chi connectivity index (χ2v) is 5.64. The Hall–Kier alpha value is -2.75. The molecule has 2 amide bonds. The van der Waals surface area contributed by atoms with Gasteiger partial charge in [-0.05, 0) is 13.0 Å². The van der Waals surface area contributed by atoms with Gasteiger partial charge in [-0.25, -0.2) is 0 Å². The summed E-state index contributed by atoms with van der Waals surface area (Å²) < 4.78 is 0. The van der Waals surface area contributed by atoms with Gasteiger partial charge < -0.3 is 5.32 Å². The molecule has 1 N–H and O–H groups in total. The summed E-state index contributed by atoms with van der Waals surface area (Å²) in [5.41, 5.74) is 0.626. The van der Waals surface area contributed by atoms with Crippen LogP contribution in [0.2, 0.25) is 0 Å². The third-order valence-corrected chi connectivity index (χ3v) is 4.29. The molecule has 10 heteroatoms. The summed E-state index contributed by atoms with van der Waals surface area (Å²) in [4.78, 5) is 35.4. The molecule has 3 rings (SSSR count). The Morgan fingerprint density at radius 3 is 2.87 bits per heavy atom. The first-order valence-electron chi connectivity index (χ1n) is 6.70. The Labute approximate surface area is 134 Å². The van der Waals surface area contributed by atoms with Crippen molar-refractivity contribution in [3.05, 3.63) is 33.9 Å². The molecule has 0 saturated carbocycles. The maximum atomic E-state index is 12.0. The summed E-state index contributed by atoms with van der Waals surface area (Å²) in [5, 5.41) is 21.7. The van der Waals surface area contributed by atoms with E-state index in [1.54, 1.807) is 0 Å². The minimum Gasteiger partial charge on any atom is -0.320 e. The molecule has 2 heterocycles. The van der Waals surface area contributed by atoms with Gasteiger partial charge in [-0.3, -0.25) is 24.6 Å². The average molecular weight is 333 g/mol. The molecule has 0 atom stereocenters. The number of hydrogen-bond acceptors (Lipinski definition) is 7. The van der Waals surface area contributed by atoms with Gasteiger partial charge in [-0.2, -0.15) is 0 Å². The highest BCUT2D eigenvalue weighted by Crippen LogP contribution is 2.28. The number of amidine groups is 1. The fraction of sp³-hybridized carbons (Fsp3) is 0.231. The first-order chi connectivity index (χ1) is 11.0. The van der Waals surface area contributed by atoms with Crippen molar-refractivity contribution < 1.29 is 14.5 Å². The van der Waals surface area contributed by atoms with Crippen LogP contribution in [0.25, 0.3) is 0 Å². The minimum absolute atomic E-state index is 0.00722. The molecule has 1 saturated heterocycles. The van der Waals surface area contributed by atoms with Crippen molar-refractivity contribution in [1.29, 1.82) is 0 Å². The van der Waals surface area contributed by atoms with Crippen molar-refractivity contribution in [3.8, 4) is 0 Å². The largest absolute Gasteiger partial charge is 0.320 e. The summed E-state index contributed by atoms with van der Waals surface area (Å²) in [6.45, 7) is 2.27. The summed E-state index contributed by atoms with van der Waals surface area (Å²) in [5.74, 6) is -0.267. The highest BCUT2D eigenvalue weighted by Gasteiger charge is 2.30. The lowest BCUT2D eigenvalue weighted by atomic mass is 10.1. The normalized spacial score (nSPS) is 20.3. The van der Waals surface area contributed by atoms with E-state index in [0.29, 0.717) is 23.0 Å². The lowest BCUT2D eigenvalue weighted by molar-refractivity contribution is -0.384. The zero-order valence-corrected chi connectivity index (χ0v) is 12.8. The predicted molar refractivity (Wildman–Crippen MR) is 85.5 cm³/mol. The van der Waals surface area contributed by atoms with Crippen molar-refractivity contribution in [2.75, 3.05) is 17.6 Å². The van der Waals surface area contributed by atoms with E-state index in [0.717, 1.165) is 0 Å². The second-order valence-electron chi connectivity index (χ2n) is 4.70. The van der Waals surface area contributed by atoms with E-state index in [4.69, 9.17) is 0 Å². The van der Waals surface area contributed by atoms with Crippen LogP contribution in [-0.2, 0) is 9.59 Å². The van der Waals surface area contributed by atoms with Crippen molar-refractivity contribution in [2.45, 2.75) is 6.92 Å². The summed E-state index contributed by atoms with van der Waals surface area (Å²) in [6, 6.07) is 4.03. The van der Waals surface area contributed by atoms with Crippen LogP contribution >= 0.6 is 11.8 Å². The number of fused-ring (bicyclic) bond motifs is 1. The number of non-ortho nitro benzene ring substituents is 1. The lowest BCUT2D eigenvalue weighted by Crippen LogP contribution is -2.29. The maximum Gasteiger partial charge on any atom is 0.276 e. The van der Waals surface area contributed by atoms with Gasteiger partial charge in [0.15, 0.2) is 10.9 Å². The Bertz CT molecular complexity index is 789. The third kappa shape index (κ3) is 2.68. The maximum absolute atomic E-state index is 12.0. The van der Waals surface area contributed by atoms with Crippen LogP contribution in [-0.4, -0.2) is 44.8 Å². The Kier molecular flexibility index (Phi) is 3.82. The quantitative estimate of drug-likeness (QED) is 0.659. The number of anilines is 1. The zero-order chi connectivity index (χ0) is 16.6. The third-order valence-electron chi connectivity index (χ3n) is 3.34. The van der Waals surface area contributed by atoms with Gasteiger partial charge in [0.1, 0.15) is 0 Å². The number of nitro groups is 1. The predicted octanol–water partition coefficient (Wildman–Crippen LogP) is 1.20. The number of nitrogens with zero attached hydrogens (tertiary/aromatic N) is 4. The van der Waals surface area contributed by atoms with E-state index >= 15 is 0 Å². The fourth-order valence-electron chi connectivity index (χ4n) is 2.23. The molecule has 1 aromatic rings. The number of rotatable bonds is 3. The Morgan fingerprint density at radius 1 is 1.39 bits per heavy atom. The average Bonchev–Trinajstić information content (AvgIpc) is 3.03. The molecule has 0 bridgehead atoms. The SMILES string of the molecule is CCN1C(=O)CS/C1=N\N=C1\C(=O)Nc2ccc([N+](=O)[O-])cc21. The number of thioether (sulfide) groups is 1. The van der Waals surface area contributed by atoms with Crippen LogP contribution in [0.15, 0.2) is 28.4 Å². The van der Waals surface area contributed by atoms with E-state index in [9.17, 15) is 19.7 Å². The van der Waals surface area contributed by atoms with E-state index in [1.165, 1.54) is 34.9 Å². The van der Waals surface area contributed by atoms with Gasteiger partial charge in [-0.15, -0.1) is 10.2 Å². The number of hydrogen-bond donors (Lipinski definition) is 1. The highest BCUT2D eigenvalue weighted by molar-refractivity contribution is 8.15. The van der Waals surface area contributed by atoms with Gasteiger partial charge in [0.25, 0.3) is 11.6 Å².